The number of benzene rings is 1. The Bertz CT molecular complexity index is 265. The van der Waals surface area contributed by atoms with Gasteiger partial charge in [-0.15, -0.1) is 0 Å². The van der Waals surface area contributed by atoms with Gasteiger partial charge < -0.3 is 19.7 Å². The van der Waals surface area contributed by atoms with E-state index in [0.717, 1.165) is 0 Å². The molecule has 1 N–H and O–H groups in total. The minimum absolute atomic E-state index is 0.107. The highest BCUT2D eigenvalue weighted by atomic mass is 16.5. The summed E-state index contributed by atoms with van der Waals surface area (Å²) >= 11 is 0. The summed E-state index contributed by atoms with van der Waals surface area (Å²) in [6.07, 6.45) is 0. The van der Waals surface area contributed by atoms with Gasteiger partial charge in [0.1, 0.15) is 18.1 Å². The van der Waals surface area contributed by atoms with Crippen LogP contribution in [-0.2, 0) is 4.79 Å². The Labute approximate surface area is 69.0 Å². The number of phenolic OH excluding ortho intramolecular Hbond substituents is 1. The van der Waals surface area contributed by atoms with Crippen molar-refractivity contribution in [1.82, 2.24) is 0 Å². The van der Waals surface area contributed by atoms with E-state index in [4.69, 9.17) is 9.84 Å². The molecule has 0 aliphatic carbocycles. The second-order valence-electron chi connectivity index (χ2n) is 2.15. The van der Waals surface area contributed by atoms with Crippen LogP contribution in [-0.4, -0.2) is 17.7 Å². The first-order valence-electron chi connectivity index (χ1n) is 3.30. The number of hydrogen-bond acceptors (Lipinski definition) is 4. The van der Waals surface area contributed by atoms with Crippen LogP contribution < -0.4 is 9.84 Å². The zero-order valence-corrected chi connectivity index (χ0v) is 6.19. The highest BCUT2D eigenvalue weighted by molar-refractivity contribution is 5.66. The fraction of sp³-hybridized carbons (Fsp3) is 0.125. The lowest BCUT2D eigenvalue weighted by Gasteiger charge is -2.05. The second-order valence-corrected chi connectivity index (χ2v) is 2.15. The number of carboxylic acid groups (broad SMARTS) is 1. The molecule has 0 aliphatic heterocycles. The van der Waals surface area contributed by atoms with Gasteiger partial charge in [0.2, 0.25) is 0 Å². The Kier molecular flexibility index (Phi) is 2.53. The predicted molar refractivity (Wildman–Crippen MR) is 38.6 cm³/mol. The molecule has 0 saturated carbocycles. The minimum atomic E-state index is -1.27. The molecule has 1 aromatic carbocycles. The zero-order chi connectivity index (χ0) is 8.97. The maximum Gasteiger partial charge on any atom is 0.128 e. The van der Waals surface area contributed by atoms with E-state index in [-0.39, 0.29) is 5.75 Å². The maximum atomic E-state index is 9.95. The summed E-state index contributed by atoms with van der Waals surface area (Å²) in [7, 11) is 0. The van der Waals surface area contributed by atoms with Gasteiger partial charge in [0.05, 0.1) is 5.97 Å². The van der Waals surface area contributed by atoms with Gasteiger partial charge >= 0.3 is 0 Å². The van der Waals surface area contributed by atoms with Crippen LogP contribution in [0.4, 0.5) is 0 Å². The minimum Gasteiger partial charge on any atom is -0.546 e. The molecule has 0 aliphatic rings. The quantitative estimate of drug-likeness (QED) is 0.660. The van der Waals surface area contributed by atoms with Gasteiger partial charge in [0.15, 0.2) is 0 Å². The summed E-state index contributed by atoms with van der Waals surface area (Å²) < 4.78 is 4.75. The molecule has 0 bridgehead atoms. The molecule has 64 valence electrons. The largest absolute Gasteiger partial charge is 0.546 e. The topological polar surface area (TPSA) is 69.6 Å². The Morgan fingerprint density at radius 2 is 2.00 bits per heavy atom. The van der Waals surface area contributed by atoms with Crippen LogP contribution in [0.25, 0.3) is 0 Å². The monoisotopic (exact) mass is 167 g/mol. The van der Waals surface area contributed by atoms with Crippen molar-refractivity contribution in [3.05, 3.63) is 24.3 Å². The fourth-order valence-electron chi connectivity index (χ4n) is 0.685. The molecule has 0 aromatic heterocycles. The van der Waals surface area contributed by atoms with Gasteiger partial charge in [-0.05, 0) is 24.3 Å². The van der Waals surface area contributed by atoms with Crippen molar-refractivity contribution >= 4 is 5.97 Å². The van der Waals surface area contributed by atoms with Crippen molar-refractivity contribution in [3.8, 4) is 11.5 Å². The van der Waals surface area contributed by atoms with Crippen molar-refractivity contribution in [2.45, 2.75) is 0 Å². The van der Waals surface area contributed by atoms with Gasteiger partial charge in [-0.2, -0.15) is 0 Å². The molecule has 0 heterocycles. The van der Waals surface area contributed by atoms with Crippen LogP contribution in [0.2, 0.25) is 0 Å². The average Bonchev–Trinajstić information content (AvgIpc) is 2.03. The molecule has 0 saturated heterocycles. The third kappa shape index (κ3) is 2.49. The summed E-state index contributed by atoms with van der Waals surface area (Å²) in [6, 6.07) is 5.76. The van der Waals surface area contributed by atoms with Crippen LogP contribution in [0.3, 0.4) is 0 Å². The van der Waals surface area contributed by atoms with E-state index < -0.39 is 12.6 Å². The van der Waals surface area contributed by atoms with Gasteiger partial charge in [0.25, 0.3) is 0 Å². The first-order valence-corrected chi connectivity index (χ1v) is 3.30. The van der Waals surface area contributed by atoms with E-state index in [1.807, 2.05) is 0 Å². The molecule has 12 heavy (non-hydrogen) atoms. The number of aliphatic carboxylic acids is 1. The van der Waals surface area contributed by atoms with Crippen LogP contribution in [0.5, 0.6) is 11.5 Å². The number of phenols is 1. The first kappa shape index (κ1) is 8.39. The molecular weight excluding hydrogens is 160 g/mol. The van der Waals surface area contributed by atoms with E-state index >= 15 is 0 Å². The van der Waals surface area contributed by atoms with Crippen molar-refractivity contribution in [2.75, 3.05) is 6.61 Å². The highest BCUT2D eigenvalue weighted by Crippen LogP contribution is 2.15. The lowest BCUT2D eigenvalue weighted by atomic mass is 10.3. The van der Waals surface area contributed by atoms with E-state index in [2.05, 4.69) is 0 Å². The Morgan fingerprint density at radius 3 is 2.50 bits per heavy atom. The van der Waals surface area contributed by atoms with Gasteiger partial charge in [-0.25, -0.2) is 0 Å². The van der Waals surface area contributed by atoms with Crippen molar-refractivity contribution in [2.24, 2.45) is 0 Å². The van der Waals surface area contributed by atoms with E-state index in [1.54, 1.807) is 0 Å². The van der Waals surface area contributed by atoms with Crippen molar-refractivity contribution in [1.29, 1.82) is 0 Å². The molecule has 4 heteroatoms. The molecule has 1 rings (SSSR count). The number of hydrogen-bond donors (Lipinski definition) is 1. The Balaban J connectivity index is 2.53. The van der Waals surface area contributed by atoms with Crippen molar-refractivity contribution < 1.29 is 19.7 Å². The van der Waals surface area contributed by atoms with E-state index in [1.165, 1.54) is 24.3 Å². The molecule has 4 nitrogen and oxygen atoms in total. The smallest absolute Gasteiger partial charge is 0.128 e. The summed E-state index contributed by atoms with van der Waals surface area (Å²) in [6.45, 7) is -0.481. The number of aromatic hydroxyl groups is 1. The molecule has 0 unspecified atom stereocenters. The van der Waals surface area contributed by atoms with E-state index in [0.29, 0.717) is 5.75 Å². The molecule has 0 amide bonds. The lowest BCUT2D eigenvalue weighted by molar-refractivity contribution is -0.307. The Morgan fingerprint density at radius 1 is 1.42 bits per heavy atom. The van der Waals surface area contributed by atoms with Crippen LogP contribution in [0, 0.1) is 0 Å². The van der Waals surface area contributed by atoms with Gasteiger partial charge in [-0.3, -0.25) is 0 Å². The van der Waals surface area contributed by atoms with Gasteiger partial charge in [0, 0.05) is 0 Å². The number of carbonyl (C=O) groups is 1. The molecule has 1 aromatic rings. The molecule has 0 radical (unpaired) electrons. The zero-order valence-electron chi connectivity index (χ0n) is 6.19. The maximum absolute atomic E-state index is 9.95. The van der Waals surface area contributed by atoms with Crippen LogP contribution >= 0.6 is 0 Å². The lowest BCUT2D eigenvalue weighted by Crippen LogP contribution is -2.28. The number of ether oxygens (including phenoxy) is 1. The summed E-state index contributed by atoms with van der Waals surface area (Å²) in [5.41, 5.74) is 0. The SMILES string of the molecule is O=C([O-])COc1ccc(O)cc1. The molecule has 0 atom stereocenters. The second kappa shape index (κ2) is 3.61. The number of rotatable bonds is 3. The number of carboxylic acids is 1. The van der Waals surface area contributed by atoms with Crippen molar-refractivity contribution in [3.63, 3.8) is 0 Å². The molecule has 0 fully saturated rings. The fourth-order valence-corrected chi connectivity index (χ4v) is 0.685. The third-order valence-corrected chi connectivity index (χ3v) is 1.19. The Hall–Kier alpha value is -1.71. The first-order chi connectivity index (χ1) is 5.68. The summed E-state index contributed by atoms with van der Waals surface area (Å²) in [5, 5.41) is 18.8. The highest BCUT2D eigenvalue weighted by Gasteiger charge is 1.92. The molecule has 0 spiro atoms. The average molecular weight is 167 g/mol. The number of carbonyl (C=O) groups excluding carboxylic acids is 1. The normalized spacial score (nSPS) is 9.33. The van der Waals surface area contributed by atoms with Crippen LogP contribution in [0.1, 0.15) is 0 Å². The van der Waals surface area contributed by atoms with Gasteiger partial charge in [-0.1, -0.05) is 0 Å². The molecular formula is C8H7O4-. The third-order valence-electron chi connectivity index (χ3n) is 1.19. The summed E-state index contributed by atoms with van der Waals surface area (Å²) in [4.78, 5) is 9.95. The van der Waals surface area contributed by atoms with E-state index in [9.17, 15) is 9.90 Å². The standard InChI is InChI=1S/C8H8O4/c9-6-1-3-7(4-2-6)12-5-8(10)11/h1-4,9H,5H2,(H,10,11)/p-1. The van der Waals surface area contributed by atoms with Crippen LogP contribution in [0.15, 0.2) is 24.3 Å². The predicted octanol–water partition coefficient (Wildman–Crippen LogP) is -0.479. The summed E-state index contributed by atoms with van der Waals surface area (Å²) in [5.74, 6) is -0.782.